The zero-order chi connectivity index (χ0) is 13.2. The summed E-state index contributed by atoms with van der Waals surface area (Å²) in [6.07, 6.45) is 1.10. The van der Waals surface area contributed by atoms with E-state index < -0.39 is 0 Å². The van der Waals surface area contributed by atoms with Gasteiger partial charge in [-0.25, -0.2) is 0 Å². The monoisotopic (exact) mass is 248 g/mol. The number of aryl methyl sites for hydroxylation is 1. The van der Waals surface area contributed by atoms with Crippen molar-refractivity contribution in [3.05, 3.63) is 29.8 Å². The molecular formula is C15H24N2O. The largest absolute Gasteiger partial charge is 0.381 e. The van der Waals surface area contributed by atoms with Gasteiger partial charge in [-0.3, -0.25) is 0 Å². The van der Waals surface area contributed by atoms with Crippen LogP contribution in [0.5, 0.6) is 0 Å². The van der Waals surface area contributed by atoms with Crippen LogP contribution < -0.4 is 10.6 Å². The number of para-hydroxylation sites is 1. The summed E-state index contributed by atoms with van der Waals surface area (Å²) in [4.78, 5) is 2.34. The second-order valence-electron chi connectivity index (χ2n) is 5.47. The molecule has 1 aromatic carbocycles. The molecule has 18 heavy (non-hydrogen) atoms. The minimum absolute atomic E-state index is 0.0391. The molecule has 2 unspecified atom stereocenters. The molecule has 0 bridgehead atoms. The van der Waals surface area contributed by atoms with Gasteiger partial charge in [0.05, 0.1) is 12.1 Å². The van der Waals surface area contributed by atoms with Crippen molar-refractivity contribution in [3.8, 4) is 0 Å². The topological polar surface area (TPSA) is 38.5 Å². The van der Waals surface area contributed by atoms with Gasteiger partial charge < -0.3 is 15.4 Å². The number of likely N-dealkylation sites (N-methyl/N-ethyl adjacent to an activating group) is 1. The molecular weight excluding hydrogens is 224 g/mol. The van der Waals surface area contributed by atoms with Crippen molar-refractivity contribution >= 4 is 5.69 Å². The maximum Gasteiger partial charge on any atom is 0.0543 e. The van der Waals surface area contributed by atoms with Crippen LogP contribution in [0.3, 0.4) is 0 Å². The van der Waals surface area contributed by atoms with Crippen LogP contribution >= 0.6 is 0 Å². The molecule has 0 amide bonds. The Balaban J connectivity index is 2.29. The third-order valence-electron chi connectivity index (χ3n) is 4.47. The van der Waals surface area contributed by atoms with Crippen LogP contribution in [0.2, 0.25) is 0 Å². The molecule has 3 heteroatoms. The average Bonchev–Trinajstić information content (AvgIpc) is 2.92. The van der Waals surface area contributed by atoms with Crippen molar-refractivity contribution in [3.63, 3.8) is 0 Å². The third kappa shape index (κ3) is 2.25. The van der Waals surface area contributed by atoms with Crippen LogP contribution in [0.1, 0.15) is 18.9 Å². The van der Waals surface area contributed by atoms with Gasteiger partial charge in [0.2, 0.25) is 0 Å². The number of benzene rings is 1. The molecule has 1 saturated heterocycles. The predicted molar refractivity (Wildman–Crippen MR) is 76.0 cm³/mol. The van der Waals surface area contributed by atoms with Crippen molar-refractivity contribution in [2.24, 2.45) is 11.7 Å². The van der Waals surface area contributed by atoms with Gasteiger partial charge in [0.1, 0.15) is 0 Å². The highest BCUT2D eigenvalue weighted by atomic mass is 16.5. The fraction of sp³-hybridized carbons (Fsp3) is 0.600. The highest BCUT2D eigenvalue weighted by Crippen LogP contribution is 2.34. The van der Waals surface area contributed by atoms with E-state index in [9.17, 15) is 0 Å². The van der Waals surface area contributed by atoms with Crippen molar-refractivity contribution in [1.29, 1.82) is 0 Å². The zero-order valence-corrected chi connectivity index (χ0v) is 11.6. The first-order valence-corrected chi connectivity index (χ1v) is 6.67. The van der Waals surface area contributed by atoms with E-state index in [1.165, 1.54) is 11.3 Å². The molecule has 1 aromatic rings. The Morgan fingerprint density at radius 1 is 1.44 bits per heavy atom. The van der Waals surface area contributed by atoms with Crippen LogP contribution in [0.25, 0.3) is 0 Å². The van der Waals surface area contributed by atoms with Gasteiger partial charge in [-0.05, 0) is 31.9 Å². The molecule has 2 N–H and O–H groups in total. The summed E-state index contributed by atoms with van der Waals surface area (Å²) in [6.45, 7) is 6.73. The molecule has 1 aliphatic heterocycles. The van der Waals surface area contributed by atoms with Gasteiger partial charge in [-0.1, -0.05) is 18.2 Å². The number of hydrogen-bond donors (Lipinski definition) is 1. The highest BCUT2D eigenvalue weighted by Gasteiger charge is 2.39. The number of anilines is 1. The number of nitrogens with zero attached hydrogens (tertiary/aromatic N) is 1. The quantitative estimate of drug-likeness (QED) is 0.887. The Morgan fingerprint density at radius 3 is 2.72 bits per heavy atom. The lowest BCUT2D eigenvalue weighted by Gasteiger charge is -2.44. The first-order chi connectivity index (χ1) is 8.59. The molecule has 0 spiro atoms. The van der Waals surface area contributed by atoms with Gasteiger partial charge in [-0.15, -0.1) is 0 Å². The minimum atomic E-state index is -0.0391. The van der Waals surface area contributed by atoms with Gasteiger partial charge in [0.15, 0.2) is 0 Å². The zero-order valence-electron chi connectivity index (χ0n) is 11.6. The predicted octanol–water partition coefficient (Wildman–Crippen LogP) is 2.19. The van der Waals surface area contributed by atoms with Crippen LogP contribution in [0.4, 0.5) is 5.69 Å². The molecule has 1 heterocycles. The van der Waals surface area contributed by atoms with Crippen LogP contribution in [0.15, 0.2) is 24.3 Å². The molecule has 3 nitrogen and oxygen atoms in total. The highest BCUT2D eigenvalue weighted by molar-refractivity contribution is 5.54. The van der Waals surface area contributed by atoms with E-state index in [2.05, 4.69) is 50.1 Å². The molecule has 0 aliphatic carbocycles. The summed E-state index contributed by atoms with van der Waals surface area (Å²) in [7, 11) is 2.15. The Morgan fingerprint density at radius 2 is 2.17 bits per heavy atom. The number of nitrogens with two attached hydrogens (primary N) is 1. The van der Waals surface area contributed by atoms with Crippen molar-refractivity contribution < 1.29 is 4.74 Å². The lowest BCUT2D eigenvalue weighted by Crippen LogP contribution is -2.55. The Hall–Kier alpha value is -1.06. The summed E-state index contributed by atoms with van der Waals surface area (Å²) >= 11 is 0. The fourth-order valence-corrected chi connectivity index (χ4v) is 2.82. The fourth-order valence-electron chi connectivity index (χ4n) is 2.82. The summed E-state index contributed by atoms with van der Waals surface area (Å²) in [5.74, 6) is 0.507. The lowest BCUT2D eigenvalue weighted by atomic mass is 9.83. The maximum atomic E-state index is 6.08. The van der Waals surface area contributed by atoms with Gasteiger partial charge >= 0.3 is 0 Å². The molecule has 100 valence electrons. The van der Waals surface area contributed by atoms with Gasteiger partial charge in [0.25, 0.3) is 0 Å². The van der Waals surface area contributed by atoms with Gasteiger partial charge in [0, 0.05) is 31.8 Å². The van der Waals surface area contributed by atoms with Gasteiger partial charge in [-0.2, -0.15) is 0 Å². The van der Waals surface area contributed by atoms with Crippen molar-refractivity contribution in [1.82, 2.24) is 0 Å². The second-order valence-corrected chi connectivity index (χ2v) is 5.47. The molecule has 1 fully saturated rings. The second kappa shape index (κ2) is 5.29. The van der Waals surface area contributed by atoms with E-state index in [0.717, 1.165) is 19.6 Å². The van der Waals surface area contributed by atoms with E-state index in [0.29, 0.717) is 12.5 Å². The van der Waals surface area contributed by atoms with Crippen molar-refractivity contribution in [2.45, 2.75) is 25.8 Å². The Kier molecular flexibility index (Phi) is 3.93. The number of rotatable bonds is 4. The minimum Gasteiger partial charge on any atom is -0.381 e. The lowest BCUT2D eigenvalue weighted by molar-refractivity contribution is 0.166. The normalized spacial score (nSPS) is 22.8. The molecule has 0 aromatic heterocycles. The number of ether oxygens (including phenoxy) is 1. The summed E-state index contributed by atoms with van der Waals surface area (Å²) in [5, 5.41) is 0. The van der Waals surface area contributed by atoms with E-state index in [-0.39, 0.29) is 5.54 Å². The Labute approximate surface area is 110 Å². The molecule has 2 atom stereocenters. The molecule has 2 rings (SSSR count). The van der Waals surface area contributed by atoms with Crippen LogP contribution in [0, 0.1) is 12.8 Å². The van der Waals surface area contributed by atoms with Crippen LogP contribution in [-0.4, -0.2) is 32.3 Å². The maximum absolute atomic E-state index is 6.08. The van der Waals surface area contributed by atoms with E-state index in [4.69, 9.17) is 10.5 Å². The summed E-state index contributed by atoms with van der Waals surface area (Å²) in [5.41, 5.74) is 8.59. The van der Waals surface area contributed by atoms with Crippen LogP contribution in [-0.2, 0) is 4.74 Å². The molecule has 0 saturated carbocycles. The van der Waals surface area contributed by atoms with E-state index in [1.54, 1.807) is 0 Å². The first kappa shape index (κ1) is 13.4. The molecule has 1 aliphatic rings. The summed E-state index contributed by atoms with van der Waals surface area (Å²) in [6, 6.07) is 8.47. The Bertz CT molecular complexity index is 401. The van der Waals surface area contributed by atoms with Crippen molar-refractivity contribution in [2.75, 3.05) is 31.7 Å². The average molecular weight is 248 g/mol. The standard InChI is InChI=1S/C15H24N2O/c1-12-6-4-5-7-14(12)17(3)15(2,11-16)13-8-9-18-10-13/h4-7,13H,8-11,16H2,1-3H3. The third-order valence-corrected chi connectivity index (χ3v) is 4.47. The molecule has 0 radical (unpaired) electrons. The smallest absolute Gasteiger partial charge is 0.0543 e. The number of hydrogen-bond acceptors (Lipinski definition) is 3. The summed E-state index contributed by atoms with van der Waals surface area (Å²) < 4.78 is 5.54. The van der Waals surface area contributed by atoms with E-state index >= 15 is 0 Å². The first-order valence-electron chi connectivity index (χ1n) is 6.67. The van der Waals surface area contributed by atoms with E-state index in [1.807, 2.05) is 0 Å². The SMILES string of the molecule is Cc1ccccc1N(C)C(C)(CN)C1CCOC1.